The highest BCUT2D eigenvalue weighted by Gasteiger charge is 2.23. The van der Waals surface area contributed by atoms with Crippen molar-refractivity contribution in [1.29, 1.82) is 0 Å². The Hall–Kier alpha value is -2.14. The Morgan fingerprint density at radius 2 is 2.06 bits per heavy atom. The van der Waals surface area contributed by atoms with Crippen molar-refractivity contribution < 1.29 is 4.52 Å². The lowest BCUT2D eigenvalue weighted by atomic mass is 10.1. The molecule has 0 saturated carbocycles. The Kier molecular flexibility index (Phi) is 2.24. The Bertz CT molecular complexity index is 690. The first-order valence-electron chi connectivity index (χ1n) is 5.75. The van der Waals surface area contributed by atoms with Crippen LogP contribution in [0, 0.1) is 0 Å². The van der Waals surface area contributed by atoms with E-state index in [0.717, 1.165) is 16.5 Å². The largest absolute Gasteiger partial charge is 0.360 e. The Balaban J connectivity index is 2.13. The first-order chi connectivity index (χ1) is 8.55. The molecule has 0 unspecified atom stereocenters. The van der Waals surface area contributed by atoms with Crippen molar-refractivity contribution in [3.05, 3.63) is 36.4 Å². The van der Waals surface area contributed by atoms with Crippen molar-refractivity contribution in [3.63, 3.8) is 0 Å². The maximum absolute atomic E-state index is 5.93. The zero-order valence-electron chi connectivity index (χ0n) is 10.3. The molecule has 0 saturated heterocycles. The lowest BCUT2D eigenvalue weighted by molar-refractivity contribution is 0.312. The smallest absolute Gasteiger partial charge is 0.246 e. The van der Waals surface area contributed by atoms with Crippen molar-refractivity contribution >= 4 is 10.9 Å². The zero-order valence-corrected chi connectivity index (χ0v) is 10.3. The van der Waals surface area contributed by atoms with Crippen molar-refractivity contribution in [2.75, 3.05) is 0 Å². The number of nitrogens with zero attached hydrogens (tertiary/aromatic N) is 2. The molecule has 0 atom stereocenters. The maximum Gasteiger partial charge on any atom is 0.246 e. The van der Waals surface area contributed by atoms with Crippen LogP contribution in [-0.2, 0) is 5.54 Å². The van der Waals surface area contributed by atoms with E-state index in [-0.39, 0.29) is 0 Å². The molecule has 5 nitrogen and oxygen atoms in total. The number of nitrogens with one attached hydrogen (secondary N) is 1. The molecule has 0 fully saturated rings. The molecule has 2 aromatic heterocycles. The highest BCUT2D eigenvalue weighted by atomic mass is 16.5. The Morgan fingerprint density at radius 3 is 2.78 bits per heavy atom. The van der Waals surface area contributed by atoms with Crippen LogP contribution in [0.4, 0.5) is 0 Å². The fourth-order valence-corrected chi connectivity index (χ4v) is 1.85. The average molecular weight is 242 g/mol. The molecule has 0 amide bonds. The summed E-state index contributed by atoms with van der Waals surface area (Å²) in [7, 11) is 0. The molecule has 18 heavy (non-hydrogen) atoms. The number of aromatic nitrogens is 3. The number of fused-ring (bicyclic) bond motifs is 1. The lowest BCUT2D eigenvalue weighted by Gasteiger charge is -2.10. The second-order valence-electron chi connectivity index (χ2n) is 4.89. The van der Waals surface area contributed by atoms with Gasteiger partial charge in [-0.15, -0.1) is 0 Å². The van der Waals surface area contributed by atoms with Gasteiger partial charge in [0, 0.05) is 22.7 Å². The molecule has 3 N–H and O–H groups in total. The molecular weight excluding hydrogens is 228 g/mol. The first kappa shape index (κ1) is 11.0. The van der Waals surface area contributed by atoms with Crippen LogP contribution in [0.3, 0.4) is 0 Å². The first-order valence-corrected chi connectivity index (χ1v) is 5.75. The predicted molar refractivity (Wildman–Crippen MR) is 68.8 cm³/mol. The summed E-state index contributed by atoms with van der Waals surface area (Å²) in [6.45, 7) is 3.67. The van der Waals surface area contributed by atoms with E-state index < -0.39 is 5.54 Å². The van der Waals surface area contributed by atoms with E-state index >= 15 is 0 Å². The van der Waals surface area contributed by atoms with Gasteiger partial charge in [-0.2, -0.15) is 4.98 Å². The predicted octanol–water partition coefficient (Wildman–Crippen LogP) is 2.41. The Morgan fingerprint density at radius 1 is 1.28 bits per heavy atom. The summed E-state index contributed by atoms with van der Waals surface area (Å²) in [5, 5.41) is 5.06. The molecule has 0 spiro atoms. The van der Waals surface area contributed by atoms with Crippen LogP contribution in [0.2, 0.25) is 0 Å². The number of nitrogens with two attached hydrogens (primary N) is 1. The van der Waals surface area contributed by atoms with E-state index in [1.165, 1.54) is 0 Å². The third-order valence-corrected chi connectivity index (χ3v) is 2.81. The summed E-state index contributed by atoms with van der Waals surface area (Å²) in [5.41, 5.74) is 7.27. The summed E-state index contributed by atoms with van der Waals surface area (Å²) < 4.78 is 5.20. The molecule has 0 aliphatic rings. The van der Waals surface area contributed by atoms with E-state index in [9.17, 15) is 0 Å². The fourth-order valence-electron chi connectivity index (χ4n) is 1.85. The molecule has 92 valence electrons. The molecule has 3 rings (SSSR count). The summed E-state index contributed by atoms with van der Waals surface area (Å²) in [6, 6.07) is 7.98. The number of rotatable bonds is 2. The highest BCUT2D eigenvalue weighted by molar-refractivity contribution is 5.93. The van der Waals surface area contributed by atoms with Crippen LogP contribution in [-0.4, -0.2) is 15.1 Å². The molecule has 5 heteroatoms. The molecule has 1 aromatic carbocycles. The third-order valence-electron chi connectivity index (χ3n) is 2.81. The molecule has 3 aromatic rings. The van der Waals surface area contributed by atoms with Crippen molar-refractivity contribution in [2.24, 2.45) is 5.73 Å². The average Bonchev–Trinajstić information content (AvgIpc) is 2.94. The summed E-state index contributed by atoms with van der Waals surface area (Å²) >= 11 is 0. The minimum Gasteiger partial charge on any atom is -0.360 e. The lowest BCUT2D eigenvalue weighted by Crippen LogP contribution is -2.28. The molecule has 0 bridgehead atoms. The van der Waals surface area contributed by atoms with E-state index in [1.807, 2.05) is 44.3 Å². The number of benzene rings is 1. The Labute approximate surface area is 104 Å². The summed E-state index contributed by atoms with van der Waals surface area (Å²) in [4.78, 5) is 7.53. The van der Waals surface area contributed by atoms with Crippen LogP contribution in [0.5, 0.6) is 0 Å². The van der Waals surface area contributed by atoms with Crippen molar-refractivity contribution in [2.45, 2.75) is 19.4 Å². The van der Waals surface area contributed by atoms with E-state index in [2.05, 4.69) is 15.1 Å². The van der Waals surface area contributed by atoms with Crippen LogP contribution in [0.25, 0.3) is 22.3 Å². The van der Waals surface area contributed by atoms with Gasteiger partial charge in [-0.05, 0) is 19.9 Å². The zero-order chi connectivity index (χ0) is 12.8. The van der Waals surface area contributed by atoms with Crippen LogP contribution >= 0.6 is 0 Å². The topological polar surface area (TPSA) is 80.7 Å². The summed E-state index contributed by atoms with van der Waals surface area (Å²) in [6.07, 6.45) is 1.88. The van der Waals surface area contributed by atoms with Gasteiger partial charge in [0.15, 0.2) is 0 Å². The summed E-state index contributed by atoms with van der Waals surface area (Å²) in [5.74, 6) is 0.990. The quantitative estimate of drug-likeness (QED) is 0.723. The minimum atomic E-state index is -0.628. The molecular formula is C13H14N4O. The second kappa shape index (κ2) is 3.68. The van der Waals surface area contributed by atoms with Crippen LogP contribution < -0.4 is 5.73 Å². The number of aromatic amines is 1. The monoisotopic (exact) mass is 242 g/mol. The van der Waals surface area contributed by atoms with Crippen molar-refractivity contribution in [1.82, 2.24) is 15.1 Å². The molecule has 0 radical (unpaired) electrons. The van der Waals surface area contributed by atoms with Gasteiger partial charge in [0.1, 0.15) is 0 Å². The fraction of sp³-hybridized carbons (Fsp3) is 0.231. The van der Waals surface area contributed by atoms with Gasteiger partial charge >= 0.3 is 0 Å². The number of hydrogen-bond donors (Lipinski definition) is 2. The number of hydrogen-bond acceptors (Lipinski definition) is 4. The van der Waals surface area contributed by atoms with Gasteiger partial charge in [-0.1, -0.05) is 23.4 Å². The van der Waals surface area contributed by atoms with Gasteiger partial charge in [0.05, 0.1) is 5.54 Å². The highest BCUT2D eigenvalue weighted by Crippen LogP contribution is 2.27. The number of para-hydroxylation sites is 1. The molecule has 0 aliphatic heterocycles. The van der Waals surface area contributed by atoms with Crippen molar-refractivity contribution in [3.8, 4) is 11.4 Å². The SMILES string of the molecule is CC(C)(N)c1nc(-c2c[nH]c3ccccc23)no1. The van der Waals surface area contributed by atoms with Crippen LogP contribution in [0.15, 0.2) is 35.0 Å². The standard InChI is InChI=1S/C13H14N4O/c1-13(2,14)12-16-11(17-18-12)9-7-15-10-6-4-3-5-8(9)10/h3-7,15H,14H2,1-2H3. The molecule has 0 aliphatic carbocycles. The maximum atomic E-state index is 5.93. The second-order valence-corrected chi connectivity index (χ2v) is 4.89. The van der Waals surface area contributed by atoms with E-state index in [0.29, 0.717) is 11.7 Å². The molecule has 2 heterocycles. The van der Waals surface area contributed by atoms with Gasteiger partial charge in [0.2, 0.25) is 11.7 Å². The van der Waals surface area contributed by atoms with Gasteiger partial charge in [0.25, 0.3) is 0 Å². The van der Waals surface area contributed by atoms with E-state index in [4.69, 9.17) is 10.3 Å². The minimum absolute atomic E-state index is 0.433. The number of H-pyrrole nitrogens is 1. The van der Waals surface area contributed by atoms with Gasteiger partial charge < -0.3 is 15.2 Å². The van der Waals surface area contributed by atoms with Crippen LogP contribution in [0.1, 0.15) is 19.7 Å². The van der Waals surface area contributed by atoms with Gasteiger partial charge in [-0.3, -0.25) is 0 Å². The van der Waals surface area contributed by atoms with E-state index in [1.54, 1.807) is 0 Å². The normalized spacial score (nSPS) is 12.2. The third kappa shape index (κ3) is 1.69. The van der Waals surface area contributed by atoms with Gasteiger partial charge in [-0.25, -0.2) is 0 Å².